The molecule has 1 aromatic heterocycles. The minimum atomic E-state index is -0.343. The Morgan fingerprint density at radius 1 is 1.28 bits per heavy atom. The normalized spacial score (nSPS) is 11.2. The van der Waals surface area contributed by atoms with Crippen molar-refractivity contribution in [2.45, 2.75) is 26.4 Å². The van der Waals surface area contributed by atoms with E-state index in [1.54, 1.807) is 29.5 Å². The summed E-state index contributed by atoms with van der Waals surface area (Å²) in [6, 6.07) is 9.50. The molecule has 1 heterocycles. The molecule has 2 aromatic rings. The Labute approximate surface area is 116 Å². The molecule has 0 saturated carbocycles. The summed E-state index contributed by atoms with van der Waals surface area (Å²) in [5, 5.41) is 3.51. The zero-order valence-electron chi connectivity index (χ0n) is 10.3. The second-order valence-electron chi connectivity index (χ2n) is 4.40. The Bertz CT molecular complexity index is 536. The maximum absolute atomic E-state index is 13.9. The molecular formula is C14H15ClFNS. The second kappa shape index (κ2) is 5.83. The lowest BCUT2D eigenvalue weighted by atomic mass is 10.2. The quantitative estimate of drug-likeness (QED) is 0.857. The highest BCUT2D eigenvalue weighted by Crippen LogP contribution is 2.32. The van der Waals surface area contributed by atoms with Gasteiger partial charge in [-0.15, -0.1) is 11.3 Å². The van der Waals surface area contributed by atoms with E-state index in [-0.39, 0.29) is 10.8 Å². The lowest BCUT2D eigenvalue weighted by molar-refractivity contribution is 0.593. The van der Waals surface area contributed by atoms with E-state index in [9.17, 15) is 4.39 Å². The molecular weight excluding hydrogens is 269 g/mol. The molecule has 0 aliphatic rings. The van der Waals surface area contributed by atoms with Gasteiger partial charge in [-0.25, -0.2) is 4.39 Å². The van der Waals surface area contributed by atoms with Crippen molar-refractivity contribution in [3.8, 4) is 10.4 Å². The first kappa shape index (κ1) is 13.5. The molecule has 0 spiro atoms. The van der Waals surface area contributed by atoms with E-state index in [1.165, 1.54) is 4.88 Å². The number of hydrogen-bond donors (Lipinski definition) is 1. The van der Waals surface area contributed by atoms with Gasteiger partial charge in [-0.2, -0.15) is 0 Å². The molecule has 1 aromatic carbocycles. The lowest BCUT2D eigenvalue weighted by Gasteiger charge is -2.05. The maximum Gasteiger partial charge on any atom is 0.150 e. The summed E-state index contributed by atoms with van der Waals surface area (Å²) in [5.41, 5.74) is 0.572. The summed E-state index contributed by atoms with van der Waals surface area (Å²) in [5.74, 6) is -0.343. The molecule has 96 valence electrons. The molecule has 4 heteroatoms. The van der Waals surface area contributed by atoms with Crippen LogP contribution in [0.1, 0.15) is 18.7 Å². The lowest BCUT2D eigenvalue weighted by Crippen LogP contribution is -2.21. The van der Waals surface area contributed by atoms with E-state index in [4.69, 9.17) is 11.6 Å². The predicted octanol–water partition coefficient (Wildman–Crippen LogP) is 4.71. The average Bonchev–Trinajstić information content (AvgIpc) is 2.78. The summed E-state index contributed by atoms with van der Waals surface area (Å²) in [7, 11) is 0. The Morgan fingerprint density at radius 3 is 2.78 bits per heavy atom. The van der Waals surface area contributed by atoms with Gasteiger partial charge in [0.1, 0.15) is 5.82 Å². The number of benzene rings is 1. The van der Waals surface area contributed by atoms with Crippen LogP contribution in [0.3, 0.4) is 0 Å². The third kappa shape index (κ3) is 3.10. The van der Waals surface area contributed by atoms with E-state index in [2.05, 4.69) is 19.2 Å². The molecule has 18 heavy (non-hydrogen) atoms. The smallest absolute Gasteiger partial charge is 0.150 e. The van der Waals surface area contributed by atoms with Gasteiger partial charge < -0.3 is 5.32 Å². The molecule has 0 saturated heterocycles. The van der Waals surface area contributed by atoms with Crippen molar-refractivity contribution < 1.29 is 4.39 Å². The highest BCUT2D eigenvalue weighted by atomic mass is 35.5. The first-order valence-electron chi connectivity index (χ1n) is 5.84. The topological polar surface area (TPSA) is 12.0 Å². The molecule has 0 aliphatic heterocycles. The third-order valence-electron chi connectivity index (χ3n) is 2.56. The van der Waals surface area contributed by atoms with Crippen LogP contribution < -0.4 is 5.32 Å². The maximum atomic E-state index is 13.9. The van der Waals surface area contributed by atoms with Gasteiger partial charge in [-0.3, -0.25) is 0 Å². The van der Waals surface area contributed by atoms with Gasteiger partial charge in [0.25, 0.3) is 0 Å². The number of hydrogen-bond acceptors (Lipinski definition) is 2. The largest absolute Gasteiger partial charge is 0.310 e. The van der Waals surface area contributed by atoms with Gasteiger partial charge in [0.05, 0.1) is 5.02 Å². The Balaban J connectivity index is 2.21. The van der Waals surface area contributed by atoms with Gasteiger partial charge in [-0.1, -0.05) is 37.6 Å². The SMILES string of the molecule is CC(C)NCc1ccc(-c2cccc(Cl)c2F)s1. The zero-order chi connectivity index (χ0) is 13.1. The molecule has 0 unspecified atom stereocenters. The summed E-state index contributed by atoms with van der Waals surface area (Å²) >= 11 is 7.38. The molecule has 0 fully saturated rings. The fourth-order valence-electron chi connectivity index (χ4n) is 1.62. The van der Waals surface area contributed by atoms with Crippen LogP contribution in [-0.4, -0.2) is 6.04 Å². The van der Waals surface area contributed by atoms with Crippen LogP contribution in [0, 0.1) is 5.82 Å². The standard InChI is InChI=1S/C14H15ClFNS/c1-9(2)17-8-10-6-7-13(18-10)11-4-3-5-12(15)14(11)16/h3-7,9,17H,8H2,1-2H3. The second-order valence-corrected chi connectivity index (χ2v) is 5.98. The highest BCUT2D eigenvalue weighted by Gasteiger charge is 2.10. The minimum Gasteiger partial charge on any atom is -0.310 e. The first-order chi connectivity index (χ1) is 8.58. The van der Waals surface area contributed by atoms with E-state index in [0.29, 0.717) is 11.6 Å². The zero-order valence-corrected chi connectivity index (χ0v) is 11.9. The summed E-state index contributed by atoms with van der Waals surface area (Å²) in [6.07, 6.45) is 0. The van der Waals surface area contributed by atoms with Gasteiger partial charge in [0.15, 0.2) is 0 Å². The van der Waals surface area contributed by atoms with Crippen molar-refractivity contribution in [3.63, 3.8) is 0 Å². The van der Waals surface area contributed by atoms with Crippen LogP contribution in [0.15, 0.2) is 30.3 Å². The van der Waals surface area contributed by atoms with Crippen LogP contribution in [0.4, 0.5) is 4.39 Å². The molecule has 0 radical (unpaired) electrons. The van der Waals surface area contributed by atoms with E-state index < -0.39 is 0 Å². The molecule has 0 amide bonds. The molecule has 0 atom stereocenters. The molecule has 2 rings (SSSR count). The Morgan fingerprint density at radius 2 is 2.06 bits per heavy atom. The van der Waals surface area contributed by atoms with Crippen molar-refractivity contribution in [2.75, 3.05) is 0 Å². The minimum absolute atomic E-state index is 0.169. The third-order valence-corrected chi connectivity index (χ3v) is 3.97. The van der Waals surface area contributed by atoms with E-state index in [1.807, 2.05) is 12.1 Å². The number of nitrogens with one attached hydrogen (secondary N) is 1. The summed E-state index contributed by atoms with van der Waals surface area (Å²) < 4.78 is 13.9. The van der Waals surface area contributed by atoms with Gasteiger partial charge >= 0.3 is 0 Å². The molecule has 1 N–H and O–H groups in total. The summed E-state index contributed by atoms with van der Waals surface area (Å²) in [4.78, 5) is 2.11. The van der Waals surface area contributed by atoms with Crippen LogP contribution in [-0.2, 0) is 6.54 Å². The van der Waals surface area contributed by atoms with Gasteiger partial charge in [0.2, 0.25) is 0 Å². The number of rotatable bonds is 4. The van der Waals surface area contributed by atoms with Crippen LogP contribution in [0.25, 0.3) is 10.4 Å². The van der Waals surface area contributed by atoms with Crippen molar-refractivity contribution >= 4 is 22.9 Å². The first-order valence-corrected chi connectivity index (χ1v) is 7.04. The molecule has 1 nitrogen and oxygen atoms in total. The molecule has 0 bridgehead atoms. The van der Waals surface area contributed by atoms with Gasteiger partial charge in [0, 0.05) is 27.9 Å². The number of thiophene rings is 1. The van der Waals surface area contributed by atoms with E-state index >= 15 is 0 Å². The van der Waals surface area contributed by atoms with Crippen molar-refractivity contribution in [1.82, 2.24) is 5.32 Å². The highest BCUT2D eigenvalue weighted by molar-refractivity contribution is 7.15. The number of halogens is 2. The fourth-order valence-corrected chi connectivity index (χ4v) is 2.77. The van der Waals surface area contributed by atoms with Crippen molar-refractivity contribution in [1.29, 1.82) is 0 Å². The van der Waals surface area contributed by atoms with Crippen LogP contribution in [0.5, 0.6) is 0 Å². The van der Waals surface area contributed by atoms with E-state index in [0.717, 1.165) is 11.4 Å². The van der Waals surface area contributed by atoms with Crippen molar-refractivity contribution in [3.05, 3.63) is 46.0 Å². The fraction of sp³-hybridized carbons (Fsp3) is 0.286. The molecule has 0 aliphatic carbocycles. The average molecular weight is 284 g/mol. The Hall–Kier alpha value is -0.900. The van der Waals surface area contributed by atoms with Crippen LogP contribution >= 0.6 is 22.9 Å². The van der Waals surface area contributed by atoms with Gasteiger partial charge in [-0.05, 0) is 18.2 Å². The monoisotopic (exact) mass is 283 g/mol. The van der Waals surface area contributed by atoms with Crippen LogP contribution in [0.2, 0.25) is 5.02 Å². The van der Waals surface area contributed by atoms with Crippen molar-refractivity contribution in [2.24, 2.45) is 0 Å². The Kier molecular flexibility index (Phi) is 4.38. The predicted molar refractivity (Wildman–Crippen MR) is 76.7 cm³/mol. The summed E-state index contributed by atoms with van der Waals surface area (Å²) in [6.45, 7) is 5.01.